The predicted molar refractivity (Wildman–Crippen MR) is 85.1 cm³/mol. The van der Waals surface area contributed by atoms with Gasteiger partial charge in [-0.05, 0) is 57.2 Å². The Labute approximate surface area is 132 Å². The van der Waals surface area contributed by atoms with E-state index in [-0.39, 0.29) is 10.5 Å². The molecular formula is C17H26N2O3. The molecule has 2 rings (SSSR count). The largest absolute Gasteiger partial charge is 0.855 e. The highest BCUT2D eigenvalue weighted by Gasteiger charge is 2.36. The molecule has 5 nitrogen and oxygen atoms in total. The van der Waals surface area contributed by atoms with Crippen molar-refractivity contribution in [2.75, 3.05) is 21.1 Å². The molecule has 122 valence electrons. The quantitative estimate of drug-likeness (QED) is 0.392. The molecule has 1 aliphatic rings. The SMILES string of the molecule is Cc1c(C)c2c(c(C)c1O)CCC(C)(C([O-])=N[N+](C)(C)C)O2. The molecule has 0 radical (unpaired) electrons. The molecule has 1 aliphatic heterocycles. The first-order chi connectivity index (χ1) is 9.96. The number of hydrogen-bond acceptors (Lipinski definition) is 4. The first kappa shape index (κ1) is 16.6. The van der Waals surface area contributed by atoms with Gasteiger partial charge in [0.1, 0.15) is 17.1 Å². The lowest BCUT2D eigenvalue weighted by molar-refractivity contribution is -0.878. The van der Waals surface area contributed by atoms with Gasteiger partial charge in [-0.1, -0.05) is 5.10 Å². The van der Waals surface area contributed by atoms with Crippen molar-refractivity contribution in [1.29, 1.82) is 0 Å². The van der Waals surface area contributed by atoms with Gasteiger partial charge in [-0.2, -0.15) is 0 Å². The van der Waals surface area contributed by atoms with Gasteiger partial charge in [-0.25, -0.2) is 4.59 Å². The standard InChI is InChI=1S/C17H26N2O3/c1-10-11(2)15-13(12(3)14(10)20)8-9-17(4,22-15)16(21)18-19(5,6)7/h8-9H2,1-7H3,(H-,18,20,21). The lowest BCUT2D eigenvalue weighted by Gasteiger charge is -2.41. The van der Waals surface area contributed by atoms with Crippen LogP contribution < -0.4 is 9.84 Å². The second kappa shape index (κ2) is 5.16. The van der Waals surface area contributed by atoms with Crippen LogP contribution in [0.1, 0.15) is 35.6 Å². The third kappa shape index (κ3) is 2.77. The van der Waals surface area contributed by atoms with Crippen molar-refractivity contribution in [3.63, 3.8) is 0 Å². The van der Waals surface area contributed by atoms with Crippen LogP contribution in [0.5, 0.6) is 11.5 Å². The summed E-state index contributed by atoms with van der Waals surface area (Å²) in [6, 6.07) is 0. The summed E-state index contributed by atoms with van der Waals surface area (Å²) in [5.74, 6) is 0.811. The summed E-state index contributed by atoms with van der Waals surface area (Å²) in [5.41, 5.74) is 2.59. The van der Waals surface area contributed by atoms with Crippen LogP contribution in [0, 0.1) is 20.8 Å². The molecule has 1 N–H and O–H groups in total. The third-order valence-electron chi connectivity index (χ3n) is 4.36. The molecule has 0 saturated carbocycles. The van der Waals surface area contributed by atoms with Gasteiger partial charge in [0, 0.05) is 5.56 Å². The number of rotatable bonds is 2. The number of aromatic hydroxyl groups is 1. The molecular weight excluding hydrogens is 280 g/mol. The summed E-state index contributed by atoms with van der Waals surface area (Å²) in [7, 11) is 5.53. The number of phenols is 1. The lowest BCUT2D eigenvalue weighted by Crippen LogP contribution is -2.52. The molecule has 0 aliphatic carbocycles. The highest BCUT2D eigenvalue weighted by Crippen LogP contribution is 2.43. The van der Waals surface area contributed by atoms with Gasteiger partial charge in [-0.15, -0.1) is 0 Å². The van der Waals surface area contributed by atoms with E-state index in [2.05, 4.69) is 5.10 Å². The summed E-state index contributed by atoms with van der Waals surface area (Å²) < 4.78 is 6.33. The molecule has 1 atom stereocenters. The van der Waals surface area contributed by atoms with E-state index in [9.17, 15) is 10.2 Å². The Balaban J connectivity index is 2.50. The molecule has 1 aromatic carbocycles. The van der Waals surface area contributed by atoms with Gasteiger partial charge in [0.25, 0.3) is 0 Å². The molecule has 1 heterocycles. The number of phenolic OH excluding ortho intramolecular Hbond substituents is 1. The fourth-order valence-corrected chi connectivity index (χ4v) is 2.78. The van der Waals surface area contributed by atoms with Crippen molar-refractivity contribution in [1.82, 2.24) is 0 Å². The van der Waals surface area contributed by atoms with Crippen LogP contribution in [0.15, 0.2) is 5.10 Å². The van der Waals surface area contributed by atoms with Crippen molar-refractivity contribution in [2.24, 2.45) is 5.10 Å². The molecule has 1 aromatic rings. The fourth-order valence-electron chi connectivity index (χ4n) is 2.78. The molecule has 0 amide bonds. The Morgan fingerprint density at radius 3 is 2.32 bits per heavy atom. The van der Waals surface area contributed by atoms with E-state index < -0.39 is 5.60 Å². The number of benzene rings is 1. The predicted octanol–water partition coefficient (Wildman–Crippen LogP) is 1.78. The van der Waals surface area contributed by atoms with E-state index in [0.717, 1.165) is 28.0 Å². The normalized spacial score (nSPS) is 22.2. The van der Waals surface area contributed by atoms with E-state index >= 15 is 0 Å². The van der Waals surface area contributed by atoms with Crippen molar-refractivity contribution >= 4 is 5.90 Å². The van der Waals surface area contributed by atoms with E-state index in [4.69, 9.17) is 4.74 Å². The van der Waals surface area contributed by atoms with Crippen molar-refractivity contribution < 1.29 is 19.5 Å². The van der Waals surface area contributed by atoms with Crippen LogP contribution in [0.3, 0.4) is 0 Å². The lowest BCUT2D eigenvalue weighted by atomic mass is 9.87. The van der Waals surface area contributed by atoms with Gasteiger partial charge in [0.15, 0.2) is 0 Å². The topological polar surface area (TPSA) is 64.9 Å². The number of ether oxygens (including phenoxy) is 1. The maximum absolute atomic E-state index is 12.5. The monoisotopic (exact) mass is 306 g/mol. The van der Waals surface area contributed by atoms with Crippen LogP contribution in [0.2, 0.25) is 0 Å². The Bertz CT molecular complexity index is 645. The van der Waals surface area contributed by atoms with E-state index in [1.165, 1.54) is 0 Å². The maximum atomic E-state index is 12.5. The second-order valence-electron chi connectivity index (χ2n) is 7.21. The van der Waals surface area contributed by atoms with Crippen LogP contribution in [-0.2, 0) is 6.42 Å². The molecule has 0 aromatic heterocycles. The summed E-state index contributed by atoms with van der Waals surface area (Å²) in [4.78, 5) is 0. The van der Waals surface area contributed by atoms with Gasteiger partial charge >= 0.3 is 0 Å². The summed E-state index contributed by atoms with van der Waals surface area (Å²) >= 11 is 0. The van der Waals surface area contributed by atoms with Gasteiger partial charge in [-0.3, -0.25) is 0 Å². The van der Waals surface area contributed by atoms with Crippen LogP contribution in [-0.4, -0.2) is 42.3 Å². The smallest absolute Gasteiger partial charge is 0.140 e. The van der Waals surface area contributed by atoms with Crippen molar-refractivity contribution in [3.8, 4) is 11.5 Å². The van der Waals surface area contributed by atoms with Crippen LogP contribution >= 0.6 is 0 Å². The van der Waals surface area contributed by atoms with Crippen LogP contribution in [0.25, 0.3) is 0 Å². The molecule has 1 unspecified atom stereocenters. The summed E-state index contributed by atoms with van der Waals surface area (Å²) in [6.45, 7) is 7.48. The molecule has 5 heteroatoms. The second-order valence-corrected chi connectivity index (χ2v) is 7.21. The molecule has 0 saturated heterocycles. The fraction of sp³-hybridized carbons (Fsp3) is 0.588. The number of quaternary nitrogens is 1. The highest BCUT2D eigenvalue weighted by molar-refractivity contribution is 5.81. The average Bonchev–Trinajstić information content (AvgIpc) is 2.41. The Morgan fingerprint density at radius 2 is 1.77 bits per heavy atom. The summed E-state index contributed by atoms with van der Waals surface area (Å²) in [5, 5.41) is 26.9. The molecule has 22 heavy (non-hydrogen) atoms. The minimum Gasteiger partial charge on any atom is -0.855 e. The first-order valence-electron chi connectivity index (χ1n) is 7.56. The van der Waals surface area contributed by atoms with Crippen molar-refractivity contribution in [2.45, 2.75) is 46.1 Å². The first-order valence-corrected chi connectivity index (χ1v) is 7.56. The highest BCUT2D eigenvalue weighted by atomic mass is 16.5. The molecule has 0 spiro atoms. The number of hydrogen-bond donors (Lipinski definition) is 1. The zero-order valence-corrected chi connectivity index (χ0v) is 14.6. The van der Waals surface area contributed by atoms with Crippen molar-refractivity contribution in [3.05, 3.63) is 22.3 Å². The van der Waals surface area contributed by atoms with Crippen LogP contribution in [0.4, 0.5) is 0 Å². The van der Waals surface area contributed by atoms with Gasteiger partial charge < -0.3 is 14.9 Å². The number of nitrogens with zero attached hydrogens (tertiary/aromatic N) is 2. The Hall–Kier alpha value is -1.75. The van der Waals surface area contributed by atoms with Gasteiger partial charge in [0.05, 0.1) is 27.0 Å². The summed E-state index contributed by atoms with van der Waals surface area (Å²) in [6.07, 6.45) is 1.26. The minimum absolute atomic E-state index is 0.220. The Kier molecular flexibility index (Phi) is 3.90. The van der Waals surface area contributed by atoms with Gasteiger partial charge in [0.2, 0.25) is 0 Å². The van der Waals surface area contributed by atoms with E-state index in [1.807, 2.05) is 41.9 Å². The third-order valence-corrected chi connectivity index (χ3v) is 4.36. The van der Waals surface area contributed by atoms with E-state index in [1.54, 1.807) is 6.92 Å². The van der Waals surface area contributed by atoms with E-state index in [0.29, 0.717) is 18.6 Å². The number of fused-ring (bicyclic) bond motifs is 1. The maximum Gasteiger partial charge on any atom is 0.140 e. The molecule has 0 fully saturated rings. The zero-order chi connectivity index (χ0) is 16.9. The zero-order valence-electron chi connectivity index (χ0n) is 14.6. The molecule has 0 bridgehead atoms. The average molecular weight is 306 g/mol. The minimum atomic E-state index is -0.945. The Morgan fingerprint density at radius 1 is 1.18 bits per heavy atom.